The molecule has 0 saturated heterocycles. The van der Waals surface area contributed by atoms with E-state index in [9.17, 15) is 0 Å². The molecule has 0 N–H and O–H groups in total. The number of alkyl halides is 1. The van der Waals surface area contributed by atoms with E-state index in [1.54, 1.807) is 5.57 Å². The molecule has 0 bridgehead atoms. The first-order valence-corrected chi connectivity index (χ1v) is 7.30. The van der Waals surface area contributed by atoms with E-state index in [-0.39, 0.29) is 0 Å². The summed E-state index contributed by atoms with van der Waals surface area (Å²) in [5.74, 6) is 0. The van der Waals surface area contributed by atoms with Crippen LogP contribution in [0.4, 0.5) is 0 Å². The SMILES string of the molecule is C=C1CC[C@H](Br)C(C)(C)[C@]12CC=C(C)CC2. The highest BCUT2D eigenvalue weighted by molar-refractivity contribution is 9.09. The van der Waals surface area contributed by atoms with E-state index in [1.807, 2.05) is 0 Å². The lowest BCUT2D eigenvalue weighted by molar-refractivity contribution is 0.0669. The monoisotopic (exact) mass is 282 g/mol. The van der Waals surface area contributed by atoms with E-state index in [0.29, 0.717) is 15.7 Å². The van der Waals surface area contributed by atoms with Gasteiger partial charge in [0, 0.05) is 10.2 Å². The fraction of sp³-hybridized carbons (Fsp3) is 0.733. The molecule has 2 aliphatic carbocycles. The third-order valence-corrected chi connectivity index (χ3v) is 6.74. The largest absolute Gasteiger partial charge is 0.0993 e. The van der Waals surface area contributed by atoms with Gasteiger partial charge < -0.3 is 0 Å². The van der Waals surface area contributed by atoms with Gasteiger partial charge in [0.25, 0.3) is 0 Å². The average molecular weight is 283 g/mol. The second-order valence-electron chi connectivity index (χ2n) is 6.17. The zero-order valence-electron chi connectivity index (χ0n) is 10.8. The molecular weight excluding hydrogens is 260 g/mol. The molecule has 0 aliphatic heterocycles. The number of hydrogen-bond donors (Lipinski definition) is 0. The van der Waals surface area contributed by atoms with Crippen molar-refractivity contribution in [3.8, 4) is 0 Å². The Hall–Kier alpha value is -0.0400. The van der Waals surface area contributed by atoms with Crippen LogP contribution >= 0.6 is 15.9 Å². The minimum absolute atomic E-state index is 0.333. The van der Waals surface area contributed by atoms with E-state index in [2.05, 4.69) is 49.4 Å². The van der Waals surface area contributed by atoms with E-state index in [0.717, 1.165) is 0 Å². The van der Waals surface area contributed by atoms with Gasteiger partial charge in [-0.3, -0.25) is 0 Å². The molecule has 1 fully saturated rings. The van der Waals surface area contributed by atoms with Gasteiger partial charge in [0.2, 0.25) is 0 Å². The molecule has 1 saturated carbocycles. The first-order valence-electron chi connectivity index (χ1n) is 6.38. The summed E-state index contributed by atoms with van der Waals surface area (Å²) in [6, 6.07) is 0. The quantitative estimate of drug-likeness (QED) is 0.421. The molecule has 0 nitrogen and oxygen atoms in total. The summed E-state index contributed by atoms with van der Waals surface area (Å²) < 4.78 is 0. The van der Waals surface area contributed by atoms with Crippen molar-refractivity contribution in [1.29, 1.82) is 0 Å². The first-order chi connectivity index (χ1) is 7.40. The number of allylic oxidation sites excluding steroid dienone is 3. The summed E-state index contributed by atoms with van der Waals surface area (Å²) in [6.45, 7) is 11.5. The lowest BCUT2D eigenvalue weighted by atomic mass is 9.51. The molecule has 2 aliphatic rings. The van der Waals surface area contributed by atoms with Gasteiger partial charge in [-0.2, -0.15) is 0 Å². The number of rotatable bonds is 0. The van der Waals surface area contributed by atoms with Gasteiger partial charge in [-0.15, -0.1) is 0 Å². The zero-order valence-corrected chi connectivity index (χ0v) is 12.4. The molecule has 2 rings (SSSR count). The van der Waals surface area contributed by atoms with Crippen LogP contribution in [0.1, 0.15) is 52.9 Å². The van der Waals surface area contributed by atoms with E-state index >= 15 is 0 Å². The maximum absolute atomic E-state index is 4.40. The van der Waals surface area contributed by atoms with Crippen LogP contribution in [0.25, 0.3) is 0 Å². The van der Waals surface area contributed by atoms with Crippen LogP contribution in [-0.4, -0.2) is 4.83 Å². The van der Waals surface area contributed by atoms with Crippen molar-refractivity contribution < 1.29 is 0 Å². The normalized spacial score (nSPS) is 38.6. The minimum atomic E-state index is 0.333. The van der Waals surface area contributed by atoms with Crippen LogP contribution in [0, 0.1) is 10.8 Å². The summed E-state index contributed by atoms with van der Waals surface area (Å²) in [4.78, 5) is 0.636. The summed E-state index contributed by atoms with van der Waals surface area (Å²) >= 11 is 3.90. The molecule has 2 atom stereocenters. The van der Waals surface area contributed by atoms with Crippen molar-refractivity contribution in [1.82, 2.24) is 0 Å². The van der Waals surface area contributed by atoms with Crippen LogP contribution in [-0.2, 0) is 0 Å². The standard InChI is InChI=1S/C15H23Br/c1-11-7-9-15(10-8-11)12(2)5-6-13(16)14(15,3)4/h7,13H,2,5-6,8-10H2,1,3-4H3/t13-,15-/m0/s1. The highest BCUT2D eigenvalue weighted by Crippen LogP contribution is 2.61. The molecule has 0 aromatic carbocycles. The predicted molar refractivity (Wildman–Crippen MR) is 74.9 cm³/mol. The molecular formula is C15H23Br. The summed E-state index contributed by atoms with van der Waals surface area (Å²) in [5, 5.41) is 0. The van der Waals surface area contributed by atoms with Gasteiger partial charge in [-0.05, 0) is 44.4 Å². The Morgan fingerprint density at radius 1 is 1.38 bits per heavy atom. The van der Waals surface area contributed by atoms with Crippen LogP contribution in [0.2, 0.25) is 0 Å². The molecule has 0 aromatic heterocycles. The van der Waals surface area contributed by atoms with Crippen molar-refractivity contribution in [2.75, 3.05) is 0 Å². The third kappa shape index (κ3) is 1.63. The molecule has 0 heterocycles. The minimum Gasteiger partial charge on any atom is -0.0993 e. The third-order valence-electron chi connectivity index (χ3n) is 5.14. The second-order valence-corrected chi connectivity index (χ2v) is 7.27. The molecule has 0 unspecified atom stereocenters. The molecule has 0 radical (unpaired) electrons. The molecule has 1 heteroatoms. The molecule has 0 amide bonds. The van der Waals surface area contributed by atoms with Gasteiger partial charge in [0.15, 0.2) is 0 Å². The lowest BCUT2D eigenvalue weighted by Crippen LogP contribution is -2.48. The average Bonchev–Trinajstić information content (AvgIpc) is 2.24. The van der Waals surface area contributed by atoms with Crippen molar-refractivity contribution in [2.24, 2.45) is 10.8 Å². The van der Waals surface area contributed by atoms with Crippen molar-refractivity contribution in [2.45, 2.75) is 57.7 Å². The van der Waals surface area contributed by atoms with Gasteiger partial charge in [0.05, 0.1) is 0 Å². The number of halogens is 1. The number of hydrogen-bond acceptors (Lipinski definition) is 0. The lowest BCUT2D eigenvalue weighted by Gasteiger charge is -2.55. The highest BCUT2D eigenvalue weighted by Gasteiger charge is 2.52. The fourth-order valence-corrected chi connectivity index (χ4v) is 4.19. The van der Waals surface area contributed by atoms with Gasteiger partial charge in [0.1, 0.15) is 0 Å². The van der Waals surface area contributed by atoms with Crippen molar-refractivity contribution >= 4 is 15.9 Å². The van der Waals surface area contributed by atoms with E-state index in [4.69, 9.17) is 0 Å². The molecule has 90 valence electrons. The Morgan fingerprint density at radius 3 is 2.62 bits per heavy atom. The van der Waals surface area contributed by atoms with Gasteiger partial charge in [-0.25, -0.2) is 0 Å². The Kier molecular flexibility index (Phi) is 3.11. The van der Waals surface area contributed by atoms with Crippen LogP contribution in [0.3, 0.4) is 0 Å². The zero-order chi connectivity index (χ0) is 12.0. The molecule has 0 aromatic rings. The molecule has 1 spiro atoms. The van der Waals surface area contributed by atoms with E-state index < -0.39 is 0 Å². The van der Waals surface area contributed by atoms with Crippen LogP contribution in [0.5, 0.6) is 0 Å². The maximum Gasteiger partial charge on any atom is 0.0208 e. The Labute approximate surface area is 108 Å². The topological polar surface area (TPSA) is 0 Å². The van der Waals surface area contributed by atoms with Crippen LogP contribution in [0.15, 0.2) is 23.8 Å². The predicted octanol–water partition coefficient (Wildman–Crippen LogP) is 5.24. The molecule has 16 heavy (non-hydrogen) atoms. The maximum atomic E-state index is 4.40. The Bertz CT molecular complexity index is 337. The van der Waals surface area contributed by atoms with Gasteiger partial charge >= 0.3 is 0 Å². The van der Waals surface area contributed by atoms with Gasteiger partial charge in [-0.1, -0.05) is 53.6 Å². The Balaban J connectivity index is 2.39. The summed E-state index contributed by atoms with van der Waals surface area (Å²) in [7, 11) is 0. The second kappa shape index (κ2) is 4.01. The fourth-order valence-electron chi connectivity index (χ4n) is 3.53. The smallest absolute Gasteiger partial charge is 0.0208 e. The summed E-state index contributed by atoms with van der Waals surface area (Å²) in [6.07, 6.45) is 8.64. The highest BCUT2D eigenvalue weighted by atomic mass is 79.9. The van der Waals surface area contributed by atoms with Crippen molar-refractivity contribution in [3.63, 3.8) is 0 Å². The van der Waals surface area contributed by atoms with Crippen molar-refractivity contribution in [3.05, 3.63) is 23.8 Å². The van der Waals surface area contributed by atoms with Crippen LogP contribution < -0.4 is 0 Å². The summed E-state index contributed by atoms with van der Waals surface area (Å²) in [5.41, 5.74) is 3.74. The first kappa shape index (κ1) is 12.4. The van der Waals surface area contributed by atoms with E-state index in [1.165, 1.54) is 37.7 Å². The Morgan fingerprint density at radius 2 is 2.06 bits per heavy atom.